The van der Waals surface area contributed by atoms with Gasteiger partial charge in [-0.1, -0.05) is 32.0 Å². The molecule has 0 aromatic heterocycles. The van der Waals surface area contributed by atoms with Crippen LogP contribution in [-0.2, 0) is 4.79 Å². The van der Waals surface area contributed by atoms with Gasteiger partial charge in [0, 0.05) is 24.3 Å². The first-order chi connectivity index (χ1) is 14.2. The summed E-state index contributed by atoms with van der Waals surface area (Å²) in [4.78, 5) is 27.4. The van der Waals surface area contributed by atoms with Gasteiger partial charge in [0.1, 0.15) is 5.75 Å². The predicted octanol–water partition coefficient (Wildman–Crippen LogP) is 4.75. The highest BCUT2D eigenvalue weighted by molar-refractivity contribution is 5.98. The van der Waals surface area contributed by atoms with Crippen molar-refractivity contribution < 1.29 is 14.3 Å². The monoisotopic (exact) mass is 408 g/mol. The Labute approximate surface area is 179 Å². The molecule has 5 nitrogen and oxygen atoms in total. The molecule has 2 aromatic rings. The second kappa shape index (κ2) is 9.33. The molecule has 1 heterocycles. The van der Waals surface area contributed by atoms with Crippen molar-refractivity contribution in [3.63, 3.8) is 0 Å². The third-order valence-corrected chi connectivity index (χ3v) is 5.62. The predicted molar refractivity (Wildman–Crippen MR) is 120 cm³/mol. The van der Waals surface area contributed by atoms with Gasteiger partial charge in [-0.15, -0.1) is 0 Å². The van der Waals surface area contributed by atoms with Gasteiger partial charge >= 0.3 is 0 Å². The Morgan fingerprint density at radius 1 is 1.00 bits per heavy atom. The Hall–Kier alpha value is -2.82. The molecule has 1 saturated heterocycles. The summed E-state index contributed by atoms with van der Waals surface area (Å²) in [6.07, 6.45) is 1.15. The van der Waals surface area contributed by atoms with Gasteiger partial charge in [-0.05, 0) is 73.9 Å². The minimum Gasteiger partial charge on any atom is -0.483 e. The van der Waals surface area contributed by atoms with Crippen molar-refractivity contribution >= 4 is 17.5 Å². The summed E-state index contributed by atoms with van der Waals surface area (Å²) in [6.45, 7) is 11.7. The molecule has 0 bridgehead atoms. The van der Waals surface area contributed by atoms with Crippen molar-refractivity contribution in [2.24, 2.45) is 11.8 Å². The molecule has 3 rings (SSSR count). The SMILES string of the molecule is Cc1ccc(C)c(OCC(=O)Nc2cc(C(=O)N3CC(C)CC(C)C3)ccc2C)c1. The topological polar surface area (TPSA) is 58.6 Å². The molecular weight excluding hydrogens is 376 g/mol. The van der Waals surface area contributed by atoms with E-state index in [2.05, 4.69) is 19.2 Å². The number of benzene rings is 2. The van der Waals surface area contributed by atoms with Crippen LogP contribution in [0.4, 0.5) is 5.69 Å². The molecule has 0 radical (unpaired) electrons. The molecule has 2 atom stereocenters. The van der Waals surface area contributed by atoms with E-state index in [0.29, 0.717) is 28.8 Å². The number of likely N-dealkylation sites (tertiary alicyclic amines) is 1. The van der Waals surface area contributed by atoms with Crippen molar-refractivity contribution in [3.8, 4) is 5.75 Å². The zero-order valence-electron chi connectivity index (χ0n) is 18.6. The lowest BCUT2D eigenvalue weighted by Gasteiger charge is -2.35. The average molecular weight is 409 g/mol. The lowest BCUT2D eigenvalue weighted by Crippen LogP contribution is -2.42. The van der Waals surface area contributed by atoms with Gasteiger partial charge in [0.2, 0.25) is 0 Å². The number of nitrogens with one attached hydrogen (secondary N) is 1. The standard InChI is InChI=1S/C25H32N2O3/c1-16-6-7-20(5)23(11-16)30-15-24(28)26-22-12-21(9-8-19(22)4)25(29)27-13-17(2)10-18(3)14-27/h6-9,11-12,17-18H,10,13-15H2,1-5H3,(H,26,28). The van der Waals surface area contributed by atoms with Crippen molar-refractivity contribution in [2.75, 3.05) is 25.0 Å². The van der Waals surface area contributed by atoms with Crippen LogP contribution in [0.15, 0.2) is 36.4 Å². The molecule has 1 aliphatic rings. The van der Waals surface area contributed by atoms with Crippen molar-refractivity contribution in [1.29, 1.82) is 0 Å². The van der Waals surface area contributed by atoms with E-state index in [9.17, 15) is 9.59 Å². The molecule has 5 heteroatoms. The van der Waals surface area contributed by atoms with Crippen LogP contribution in [-0.4, -0.2) is 36.4 Å². The molecule has 2 unspecified atom stereocenters. The zero-order chi connectivity index (χ0) is 21.8. The molecule has 1 N–H and O–H groups in total. The fourth-order valence-corrected chi connectivity index (χ4v) is 4.09. The van der Waals surface area contributed by atoms with Gasteiger partial charge in [0.25, 0.3) is 11.8 Å². The normalized spacial score (nSPS) is 18.8. The van der Waals surface area contributed by atoms with Crippen molar-refractivity contribution in [1.82, 2.24) is 4.90 Å². The van der Waals surface area contributed by atoms with Gasteiger partial charge < -0.3 is 15.0 Å². The van der Waals surface area contributed by atoms with E-state index >= 15 is 0 Å². The van der Waals surface area contributed by atoms with Crippen LogP contribution in [0.1, 0.15) is 47.3 Å². The summed E-state index contributed by atoms with van der Waals surface area (Å²) in [5.74, 6) is 1.49. The van der Waals surface area contributed by atoms with Gasteiger partial charge in [0.15, 0.2) is 6.61 Å². The number of hydrogen-bond acceptors (Lipinski definition) is 3. The van der Waals surface area contributed by atoms with Gasteiger partial charge in [0.05, 0.1) is 0 Å². The summed E-state index contributed by atoms with van der Waals surface area (Å²) < 4.78 is 5.70. The molecule has 1 fully saturated rings. The molecule has 160 valence electrons. The maximum atomic E-state index is 13.0. The number of nitrogens with zero attached hydrogens (tertiary/aromatic N) is 1. The molecule has 2 amide bonds. The highest BCUT2D eigenvalue weighted by Crippen LogP contribution is 2.24. The highest BCUT2D eigenvalue weighted by atomic mass is 16.5. The van der Waals surface area contributed by atoms with Crippen molar-refractivity contribution in [2.45, 2.75) is 41.0 Å². The Bertz CT molecular complexity index is 928. The Morgan fingerprint density at radius 3 is 2.37 bits per heavy atom. The van der Waals surface area contributed by atoms with E-state index in [0.717, 1.165) is 36.2 Å². The maximum absolute atomic E-state index is 13.0. The number of carbonyl (C=O) groups excluding carboxylic acids is 2. The second-order valence-corrected chi connectivity index (χ2v) is 8.79. The van der Waals surface area contributed by atoms with Gasteiger partial charge in [-0.25, -0.2) is 0 Å². The number of rotatable bonds is 5. The number of carbonyl (C=O) groups is 2. The maximum Gasteiger partial charge on any atom is 0.262 e. The van der Waals surface area contributed by atoms with E-state index in [1.165, 1.54) is 0 Å². The van der Waals surface area contributed by atoms with E-state index in [1.54, 1.807) is 6.07 Å². The van der Waals surface area contributed by atoms with E-state index in [-0.39, 0.29) is 18.4 Å². The molecule has 1 aliphatic heterocycles. The van der Waals surface area contributed by atoms with E-state index in [4.69, 9.17) is 4.74 Å². The quantitative estimate of drug-likeness (QED) is 0.777. The number of hydrogen-bond donors (Lipinski definition) is 1. The Balaban J connectivity index is 1.66. The van der Waals surface area contributed by atoms with Crippen LogP contribution in [0.3, 0.4) is 0 Å². The second-order valence-electron chi connectivity index (χ2n) is 8.79. The van der Waals surface area contributed by atoms with Crippen LogP contribution >= 0.6 is 0 Å². The van der Waals surface area contributed by atoms with E-state index < -0.39 is 0 Å². The fourth-order valence-electron chi connectivity index (χ4n) is 4.09. The number of amides is 2. The lowest BCUT2D eigenvalue weighted by atomic mass is 9.91. The molecular formula is C25H32N2O3. The van der Waals surface area contributed by atoms with Crippen LogP contribution < -0.4 is 10.1 Å². The Kier molecular flexibility index (Phi) is 6.80. The number of piperidine rings is 1. The van der Waals surface area contributed by atoms with Crippen LogP contribution in [0.25, 0.3) is 0 Å². The summed E-state index contributed by atoms with van der Waals surface area (Å²) in [6, 6.07) is 11.4. The molecule has 0 saturated carbocycles. The van der Waals surface area contributed by atoms with Crippen molar-refractivity contribution in [3.05, 3.63) is 58.7 Å². The highest BCUT2D eigenvalue weighted by Gasteiger charge is 2.26. The first-order valence-corrected chi connectivity index (χ1v) is 10.6. The molecule has 30 heavy (non-hydrogen) atoms. The average Bonchev–Trinajstić information content (AvgIpc) is 2.69. The molecule has 0 aliphatic carbocycles. The largest absolute Gasteiger partial charge is 0.483 e. The minimum absolute atomic E-state index is 0.0236. The fraction of sp³-hybridized carbons (Fsp3) is 0.440. The van der Waals surface area contributed by atoms with Gasteiger partial charge in [-0.3, -0.25) is 9.59 Å². The smallest absolute Gasteiger partial charge is 0.262 e. The summed E-state index contributed by atoms with van der Waals surface area (Å²) in [5.41, 5.74) is 4.23. The third-order valence-electron chi connectivity index (χ3n) is 5.62. The zero-order valence-corrected chi connectivity index (χ0v) is 18.6. The van der Waals surface area contributed by atoms with E-state index in [1.807, 2.05) is 56.0 Å². The van der Waals surface area contributed by atoms with Gasteiger partial charge in [-0.2, -0.15) is 0 Å². The minimum atomic E-state index is -0.246. The third kappa shape index (κ3) is 5.41. The Morgan fingerprint density at radius 2 is 1.67 bits per heavy atom. The molecule has 0 spiro atoms. The number of anilines is 1. The summed E-state index contributed by atoms with van der Waals surface area (Å²) in [7, 11) is 0. The number of aryl methyl sites for hydroxylation is 3. The van der Waals surface area contributed by atoms with Crippen LogP contribution in [0.2, 0.25) is 0 Å². The molecule has 2 aromatic carbocycles. The van der Waals surface area contributed by atoms with Crippen LogP contribution in [0.5, 0.6) is 5.75 Å². The first kappa shape index (κ1) is 21.9. The number of ether oxygens (including phenoxy) is 1. The lowest BCUT2D eigenvalue weighted by molar-refractivity contribution is -0.118. The summed E-state index contributed by atoms with van der Waals surface area (Å²) >= 11 is 0. The van der Waals surface area contributed by atoms with Crippen LogP contribution in [0, 0.1) is 32.6 Å². The first-order valence-electron chi connectivity index (χ1n) is 10.6. The summed E-state index contributed by atoms with van der Waals surface area (Å²) in [5, 5.41) is 2.90.